The third-order valence-electron chi connectivity index (χ3n) is 3.85. The molecule has 2 rings (SSSR count). The fraction of sp³-hybridized carbons (Fsp3) is 0.529. The number of rotatable bonds is 9. The van der Waals surface area contributed by atoms with Crippen LogP contribution in [0.5, 0.6) is 0 Å². The summed E-state index contributed by atoms with van der Waals surface area (Å²) in [5, 5.41) is 2.90. The summed E-state index contributed by atoms with van der Waals surface area (Å²) in [5.41, 5.74) is 0.632. The van der Waals surface area contributed by atoms with E-state index in [2.05, 4.69) is 22.0 Å². The SMILES string of the molecule is CCCCNC(=O)CCCCCN=C1NS(=O)(=O)c2ccccc21. The van der Waals surface area contributed by atoms with Crippen molar-refractivity contribution in [1.82, 2.24) is 10.0 Å². The van der Waals surface area contributed by atoms with Gasteiger partial charge in [0.25, 0.3) is 10.0 Å². The zero-order chi connectivity index (χ0) is 17.4. The molecular weight excluding hydrogens is 326 g/mol. The summed E-state index contributed by atoms with van der Waals surface area (Å²) in [5.74, 6) is 0.523. The van der Waals surface area contributed by atoms with Crippen LogP contribution in [0.2, 0.25) is 0 Å². The molecule has 0 radical (unpaired) electrons. The largest absolute Gasteiger partial charge is 0.356 e. The highest BCUT2D eigenvalue weighted by atomic mass is 32.2. The fourth-order valence-electron chi connectivity index (χ4n) is 2.51. The van der Waals surface area contributed by atoms with Gasteiger partial charge < -0.3 is 5.32 Å². The molecule has 0 aromatic heterocycles. The van der Waals surface area contributed by atoms with Gasteiger partial charge in [0.15, 0.2) is 0 Å². The molecule has 7 heteroatoms. The Labute approximate surface area is 143 Å². The highest BCUT2D eigenvalue weighted by molar-refractivity contribution is 7.90. The molecule has 0 spiro atoms. The molecule has 0 unspecified atom stereocenters. The Hall–Kier alpha value is -1.89. The first-order chi connectivity index (χ1) is 11.5. The molecular formula is C17H25N3O3S. The molecule has 0 saturated heterocycles. The lowest BCUT2D eigenvalue weighted by atomic mass is 10.2. The zero-order valence-electron chi connectivity index (χ0n) is 14.0. The number of amidine groups is 1. The highest BCUT2D eigenvalue weighted by Crippen LogP contribution is 2.22. The number of benzene rings is 1. The van der Waals surface area contributed by atoms with Crippen molar-refractivity contribution in [2.24, 2.45) is 4.99 Å². The molecule has 132 valence electrons. The van der Waals surface area contributed by atoms with Gasteiger partial charge in [-0.05, 0) is 31.4 Å². The maximum Gasteiger partial charge on any atom is 0.263 e. The first-order valence-corrected chi connectivity index (χ1v) is 9.96. The number of carbonyl (C=O) groups excluding carboxylic acids is 1. The maximum atomic E-state index is 11.9. The number of unbranched alkanes of at least 4 members (excludes halogenated alkanes) is 3. The van der Waals surface area contributed by atoms with E-state index in [1.807, 2.05) is 0 Å². The van der Waals surface area contributed by atoms with Gasteiger partial charge in [-0.1, -0.05) is 31.9 Å². The minimum Gasteiger partial charge on any atom is -0.356 e. The van der Waals surface area contributed by atoms with Gasteiger partial charge in [-0.2, -0.15) is 0 Å². The summed E-state index contributed by atoms with van der Waals surface area (Å²) in [6.07, 6.45) is 5.18. The van der Waals surface area contributed by atoms with Crippen LogP contribution < -0.4 is 10.0 Å². The van der Waals surface area contributed by atoms with E-state index in [1.54, 1.807) is 24.3 Å². The number of nitrogens with zero attached hydrogens (tertiary/aromatic N) is 1. The normalized spacial score (nSPS) is 16.6. The number of carbonyl (C=O) groups is 1. The Morgan fingerprint density at radius 2 is 1.96 bits per heavy atom. The molecule has 0 saturated carbocycles. The smallest absolute Gasteiger partial charge is 0.263 e. The molecule has 1 aromatic carbocycles. The van der Waals surface area contributed by atoms with Crippen molar-refractivity contribution in [1.29, 1.82) is 0 Å². The summed E-state index contributed by atoms with van der Waals surface area (Å²) >= 11 is 0. The zero-order valence-corrected chi connectivity index (χ0v) is 14.9. The highest BCUT2D eigenvalue weighted by Gasteiger charge is 2.29. The molecule has 1 aromatic rings. The number of sulfonamides is 1. The number of amides is 1. The number of hydrogen-bond donors (Lipinski definition) is 2. The van der Waals surface area contributed by atoms with E-state index >= 15 is 0 Å². The summed E-state index contributed by atoms with van der Waals surface area (Å²) in [7, 11) is -3.46. The monoisotopic (exact) mass is 351 g/mol. The number of hydrogen-bond acceptors (Lipinski definition) is 4. The van der Waals surface area contributed by atoms with Crippen LogP contribution in [0.1, 0.15) is 51.0 Å². The van der Waals surface area contributed by atoms with E-state index < -0.39 is 10.0 Å². The summed E-state index contributed by atoms with van der Waals surface area (Å²) in [4.78, 5) is 16.2. The maximum absolute atomic E-state index is 11.9. The average Bonchev–Trinajstić information content (AvgIpc) is 2.82. The van der Waals surface area contributed by atoms with Crippen LogP contribution in [0.3, 0.4) is 0 Å². The number of aliphatic imine (C=N–C) groups is 1. The van der Waals surface area contributed by atoms with Crippen LogP contribution in [-0.2, 0) is 14.8 Å². The first kappa shape index (κ1) is 18.4. The Kier molecular flexibility index (Phi) is 6.78. The Bertz CT molecular complexity index is 699. The van der Waals surface area contributed by atoms with Crippen LogP contribution in [0.15, 0.2) is 34.2 Å². The van der Waals surface area contributed by atoms with Crippen molar-refractivity contribution >= 4 is 21.8 Å². The molecule has 1 heterocycles. The third kappa shape index (κ3) is 5.06. The molecule has 1 aliphatic rings. The lowest BCUT2D eigenvalue weighted by Gasteiger charge is -2.04. The second-order valence-electron chi connectivity index (χ2n) is 5.85. The first-order valence-electron chi connectivity index (χ1n) is 8.48. The van der Waals surface area contributed by atoms with Gasteiger partial charge in [0.1, 0.15) is 5.84 Å². The van der Waals surface area contributed by atoms with E-state index in [0.29, 0.717) is 24.4 Å². The minimum atomic E-state index is -3.46. The second-order valence-corrected chi connectivity index (χ2v) is 7.50. The van der Waals surface area contributed by atoms with Gasteiger partial charge >= 0.3 is 0 Å². The van der Waals surface area contributed by atoms with Crippen molar-refractivity contribution < 1.29 is 13.2 Å². The van der Waals surface area contributed by atoms with Crippen molar-refractivity contribution in [3.05, 3.63) is 29.8 Å². The van der Waals surface area contributed by atoms with Crippen molar-refractivity contribution in [3.8, 4) is 0 Å². The predicted octanol–water partition coefficient (Wildman–Crippen LogP) is 2.20. The molecule has 24 heavy (non-hydrogen) atoms. The van der Waals surface area contributed by atoms with Gasteiger partial charge in [-0.3, -0.25) is 14.5 Å². The van der Waals surface area contributed by atoms with E-state index in [4.69, 9.17) is 0 Å². The quantitative estimate of drug-likeness (QED) is 0.669. The fourth-order valence-corrected chi connectivity index (χ4v) is 3.76. The lowest BCUT2D eigenvalue weighted by molar-refractivity contribution is -0.121. The van der Waals surface area contributed by atoms with Crippen molar-refractivity contribution in [2.75, 3.05) is 13.1 Å². The average molecular weight is 351 g/mol. The third-order valence-corrected chi connectivity index (χ3v) is 5.24. The Morgan fingerprint density at radius 1 is 1.17 bits per heavy atom. The molecule has 0 aliphatic carbocycles. The molecule has 1 aliphatic heterocycles. The number of fused-ring (bicyclic) bond motifs is 1. The van der Waals surface area contributed by atoms with Gasteiger partial charge in [-0.25, -0.2) is 8.42 Å². The van der Waals surface area contributed by atoms with Gasteiger partial charge in [0, 0.05) is 25.1 Å². The van der Waals surface area contributed by atoms with Crippen molar-refractivity contribution in [3.63, 3.8) is 0 Å². The second kappa shape index (κ2) is 8.82. The van der Waals surface area contributed by atoms with Crippen LogP contribution >= 0.6 is 0 Å². The topological polar surface area (TPSA) is 87.6 Å². The number of nitrogens with one attached hydrogen (secondary N) is 2. The van der Waals surface area contributed by atoms with Crippen LogP contribution in [0, 0.1) is 0 Å². The van der Waals surface area contributed by atoms with Crippen molar-refractivity contribution in [2.45, 2.75) is 50.3 Å². The molecule has 6 nitrogen and oxygen atoms in total. The molecule has 2 N–H and O–H groups in total. The van der Waals surface area contributed by atoms with Crippen LogP contribution in [0.25, 0.3) is 0 Å². The van der Waals surface area contributed by atoms with Gasteiger partial charge in [0.05, 0.1) is 4.90 Å². The molecule has 0 bridgehead atoms. The molecule has 0 fully saturated rings. The summed E-state index contributed by atoms with van der Waals surface area (Å²) < 4.78 is 26.4. The van der Waals surface area contributed by atoms with Crippen LogP contribution in [0.4, 0.5) is 0 Å². The molecule has 0 atom stereocenters. The van der Waals surface area contributed by atoms with E-state index in [0.717, 1.165) is 38.6 Å². The Balaban J connectivity index is 1.71. The van der Waals surface area contributed by atoms with E-state index in [-0.39, 0.29) is 10.8 Å². The van der Waals surface area contributed by atoms with E-state index in [1.165, 1.54) is 0 Å². The minimum absolute atomic E-state index is 0.104. The summed E-state index contributed by atoms with van der Waals surface area (Å²) in [6, 6.07) is 6.84. The lowest BCUT2D eigenvalue weighted by Crippen LogP contribution is -2.23. The van der Waals surface area contributed by atoms with Crippen LogP contribution in [-0.4, -0.2) is 33.3 Å². The van der Waals surface area contributed by atoms with Gasteiger partial charge in [-0.15, -0.1) is 0 Å². The van der Waals surface area contributed by atoms with E-state index in [9.17, 15) is 13.2 Å². The Morgan fingerprint density at radius 3 is 2.75 bits per heavy atom. The standard InChI is InChI=1S/C17H25N3O3S/c1-2-3-12-18-16(21)11-5-4-8-13-19-17-14-9-6-7-10-15(14)24(22,23)20-17/h6-7,9-10H,2-5,8,11-13H2,1H3,(H,18,21)(H,19,20). The predicted molar refractivity (Wildman–Crippen MR) is 94.6 cm³/mol. The summed E-state index contributed by atoms with van der Waals surface area (Å²) in [6.45, 7) is 3.39. The van der Waals surface area contributed by atoms with Gasteiger partial charge in [0.2, 0.25) is 5.91 Å². The molecule has 1 amide bonds.